The minimum absolute atomic E-state index is 0.409. The summed E-state index contributed by atoms with van der Waals surface area (Å²) in [4.78, 5) is 0. The molecule has 0 aromatic heterocycles. The van der Waals surface area contributed by atoms with Gasteiger partial charge in [0, 0.05) is 3.57 Å². The molecule has 1 atom stereocenters. The Morgan fingerprint density at radius 3 is 2.42 bits per heavy atom. The van der Waals surface area contributed by atoms with E-state index in [1.54, 1.807) is 0 Å². The Bertz CT molecular complexity index is 561. The Hall–Kier alpha value is -1.07. The van der Waals surface area contributed by atoms with E-state index < -0.39 is 6.10 Å². The lowest BCUT2D eigenvalue weighted by Crippen LogP contribution is -2.01. The molecular formula is C16H15IO2. The second-order valence-corrected chi connectivity index (χ2v) is 6.09. The third-order valence-corrected chi connectivity index (χ3v) is 3.86. The van der Waals surface area contributed by atoms with E-state index in [-0.39, 0.29) is 0 Å². The average Bonchev–Trinajstić information content (AvgIpc) is 3.23. The molecule has 2 aromatic carbocycles. The van der Waals surface area contributed by atoms with Crippen LogP contribution in [0.1, 0.15) is 30.1 Å². The van der Waals surface area contributed by atoms with Crippen LogP contribution in [0.25, 0.3) is 0 Å². The predicted molar refractivity (Wildman–Crippen MR) is 83.3 cm³/mol. The molecule has 1 aliphatic rings. The Balaban J connectivity index is 1.77. The molecule has 1 aliphatic carbocycles. The second kappa shape index (κ2) is 5.51. The first-order valence-electron chi connectivity index (χ1n) is 6.42. The quantitative estimate of drug-likeness (QED) is 0.832. The number of halogens is 1. The van der Waals surface area contributed by atoms with E-state index in [2.05, 4.69) is 22.6 Å². The van der Waals surface area contributed by atoms with Crippen molar-refractivity contribution in [2.75, 3.05) is 0 Å². The summed E-state index contributed by atoms with van der Waals surface area (Å²) in [5.74, 6) is 0.890. The van der Waals surface area contributed by atoms with Crippen molar-refractivity contribution in [1.29, 1.82) is 0 Å². The smallest absolute Gasteiger partial charge is 0.119 e. The van der Waals surface area contributed by atoms with Gasteiger partial charge in [0.05, 0.1) is 6.10 Å². The van der Waals surface area contributed by atoms with Crippen LogP contribution in [0.4, 0.5) is 0 Å². The van der Waals surface area contributed by atoms with Gasteiger partial charge in [-0.2, -0.15) is 0 Å². The van der Waals surface area contributed by atoms with Gasteiger partial charge in [0.1, 0.15) is 11.9 Å². The standard InChI is InChI=1S/C16H15IO2/c17-13-3-1-2-12(10-13)16(18)11-4-6-14(7-5-11)19-15-8-9-15/h1-7,10,15-16,18H,8-9H2. The highest BCUT2D eigenvalue weighted by atomic mass is 127. The van der Waals surface area contributed by atoms with Crippen LogP contribution in [0.5, 0.6) is 5.75 Å². The van der Waals surface area contributed by atoms with Gasteiger partial charge in [0.15, 0.2) is 0 Å². The Morgan fingerprint density at radius 1 is 1.05 bits per heavy atom. The van der Waals surface area contributed by atoms with Gasteiger partial charge in [-0.15, -0.1) is 0 Å². The van der Waals surface area contributed by atoms with Crippen LogP contribution < -0.4 is 4.74 Å². The number of aliphatic hydroxyl groups is 1. The summed E-state index contributed by atoms with van der Waals surface area (Å²) in [6, 6.07) is 15.7. The maximum absolute atomic E-state index is 10.4. The van der Waals surface area contributed by atoms with Crippen LogP contribution in [0.15, 0.2) is 48.5 Å². The van der Waals surface area contributed by atoms with E-state index in [1.807, 2.05) is 48.5 Å². The van der Waals surface area contributed by atoms with E-state index in [0.717, 1.165) is 33.3 Å². The Morgan fingerprint density at radius 2 is 1.79 bits per heavy atom. The minimum Gasteiger partial charge on any atom is -0.490 e. The molecule has 98 valence electrons. The SMILES string of the molecule is OC(c1ccc(OC2CC2)cc1)c1cccc(I)c1. The Labute approximate surface area is 126 Å². The third-order valence-electron chi connectivity index (χ3n) is 3.19. The molecule has 0 saturated heterocycles. The Kier molecular flexibility index (Phi) is 3.75. The summed E-state index contributed by atoms with van der Waals surface area (Å²) in [6.45, 7) is 0. The number of ether oxygens (including phenoxy) is 1. The van der Waals surface area contributed by atoms with E-state index in [1.165, 1.54) is 0 Å². The normalized spacial score (nSPS) is 16.1. The maximum Gasteiger partial charge on any atom is 0.119 e. The van der Waals surface area contributed by atoms with Crippen molar-refractivity contribution in [2.24, 2.45) is 0 Å². The highest BCUT2D eigenvalue weighted by molar-refractivity contribution is 14.1. The van der Waals surface area contributed by atoms with E-state index in [9.17, 15) is 5.11 Å². The minimum atomic E-state index is -0.579. The highest BCUT2D eigenvalue weighted by Crippen LogP contribution is 2.29. The van der Waals surface area contributed by atoms with E-state index in [4.69, 9.17) is 4.74 Å². The largest absolute Gasteiger partial charge is 0.490 e. The summed E-state index contributed by atoms with van der Waals surface area (Å²) in [6.07, 6.45) is 2.15. The lowest BCUT2D eigenvalue weighted by Gasteiger charge is -2.13. The summed E-state index contributed by atoms with van der Waals surface area (Å²) >= 11 is 2.25. The average molecular weight is 366 g/mol. The van der Waals surface area contributed by atoms with Crippen LogP contribution in [-0.4, -0.2) is 11.2 Å². The molecule has 0 bridgehead atoms. The van der Waals surface area contributed by atoms with Gasteiger partial charge in [-0.05, 0) is 70.8 Å². The van der Waals surface area contributed by atoms with Crippen molar-refractivity contribution in [1.82, 2.24) is 0 Å². The predicted octanol–water partition coefficient (Wildman–Crippen LogP) is 3.91. The van der Waals surface area contributed by atoms with Crippen molar-refractivity contribution in [3.8, 4) is 5.75 Å². The van der Waals surface area contributed by atoms with Crippen LogP contribution >= 0.6 is 22.6 Å². The summed E-state index contributed by atoms with van der Waals surface area (Å²) in [5, 5.41) is 10.4. The maximum atomic E-state index is 10.4. The molecule has 2 aromatic rings. The molecule has 0 spiro atoms. The molecule has 0 aliphatic heterocycles. The summed E-state index contributed by atoms with van der Waals surface area (Å²) in [5.41, 5.74) is 1.81. The molecule has 19 heavy (non-hydrogen) atoms. The lowest BCUT2D eigenvalue weighted by molar-refractivity contribution is 0.220. The van der Waals surface area contributed by atoms with Crippen LogP contribution in [0, 0.1) is 3.57 Å². The van der Waals surface area contributed by atoms with Gasteiger partial charge in [-0.1, -0.05) is 24.3 Å². The number of rotatable bonds is 4. The van der Waals surface area contributed by atoms with Crippen molar-refractivity contribution >= 4 is 22.6 Å². The van der Waals surface area contributed by atoms with Crippen LogP contribution in [0.3, 0.4) is 0 Å². The van der Waals surface area contributed by atoms with Crippen molar-refractivity contribution in [3.63, 3.8) is 0 Å². The number of aliphatic hydroxyl groups excluding tert-OH is 1. The molecule has 0 radical (unpaired) electrons. The molecule has 1 unspecified atom stereocenters. The van der Waals surface area contributed by atoms with Crippen molar-refractivity contribution < 1.29 is 9.84 Å². The molecule has 2 nitrogen and oxygen atoms in total. The number of hydrogen-bond acceptors (Lipinski definition) is 2. The van der Waals surface area contributed by atoms with Gasteiger partial charge in [-0.25, -0.2) is 0 Å². The molecular weight excluding hydrogens is 351 g/mol. The lowest BCUT2D eigenvalue weighted by atomic mass is 10.0. The van der Waals surface area contributed by atoms with Gasteiger partial charge >= 0.3 is 0 Å². The molecule has 1 N–H and O–H groups in total. The first-order chi connectivity index (χ1) is 9.22. The topological polar surface area (TPSA) is 29.5 Å². The second-order valence-electron chi connectivity index (χ2n) is 4.84. The van der Waals surface area contributed by atoms with Gasteiger partial charge in [0.2, 0.25) is 0 Å². The molecule has 3 rings (SSSR count). The monoisotopic (exact) mass is 366 g/mol. The number of hydrogen-bond donors (Lipinski definition) is 1. The van der Waals surface area contributed by atoms with Crippen LogP contribution in [-0.2, 0) is 0 Å². The third kappa shape index (κ3) is 3.28. The van der Waals surface area contributed by atoms with Gasteiger partial charge in [-0.3, -0.25) is 0 Å². The fourth-order valence-electron chi connectivity index (χ4n) is 1.98. The molecule has 0 heterocycles. The summed E-state index contributed by atoms with van der Waals surface area (Å²) < 4.78 is 6.83. The molecule has 0 amide bonds. The fourth-order valence-corrected chi connectivity index (χ4v) is 2.54. The molecule has 1 fully saturated rings. The first kappa shape index (κ1) is 12.9. The van der Waals surface area contributed by atoms with Gasteiger partial charge < -0.3 is 9.84 Å². The first-order valence-corrected chi connectivity index (χ1v) is 7.50. The zero-order chi connectivity index (χ0) is 13.2. The highest BCUT2D eigenvalue weighted by Gasteiger charge is 2.23. The van der Waals surface area contributed by atoms with Gasteiger partial charge in [0.25, 0.3) is 0 Å². The van der Waals surface area contributed by atoms with Crippen LogP contribution in [0.2, 0.25) is 0 Å². The van der Waals surface area contributed by atoms with E-state index in [0.29, 0.717) is 6.10 Å². The fraction of sp³-hybridized carbons (Fsp3) is 0.250. The zero-order valence-corrected chi connectivity index (χ0v) is 12.6. The van der Waals surface area contributed by atoms with Crippen molar-refractivity contribution in [3.05, 3.63) is 63.2 Å². The number of benzene rings is 2. The molecule has 3 heteroatoms. The zero-order valence-electron chi connectivity index (χ0n) is 10.4. The summed E-state index contributed by atoms with van der Waals surface area (Å²) in [7, 11) is 0. The molecule has 1 saturated carbocycles. The van der Waals surface area contributed by atoms with Crippen molar-refractivity contribution in [2.45, 2.75) is 25.0 Å². The van der Waals surface area contributed by atoms with E-state index >= 15 is 0 Å².